The van der Waals surface area contributed by atoms with E-state index in [1.807, 2.05) is 36.2 Å². The molecule has 0 radical (unpaired) electrons. The Bertz CT molecular complexity index is 680. The Labute approximate surface area is 142 Å². The summed E-state index contributed by atoms with van der Waals surface area (Å²) in [6.45, 7) is 1.41. The quantitative estimate of drug-likeness (QED) is 0.807. The molecular weight excluding hydrogens is 304 g/mol. The van der Waals surface area contributed by atoms with Crippen LogP contribution in [0.1, 0.15) is 11.1 Å². The topological polar surface area (TPSA) is 65.7 Å². The predicted molar refractivity (Wildman–Crippen MR) is 92.0 cm³/mol. The van der Waals surface area contributed by atoms with Gasteiger partial charge in [0.25, 0.3) is 0 Å². The number of benzene rings is 2. The third-order valence-electron chi connectivity index (χ3n) is 3.53. The van der Waals surface area contributed by atoms with Crippen LogP contribution < -0.4 is 9.47 Å². The van der Waals surface area contributed by atoms with Gasteiger partial charge in [-0.15, -0.1) is 0 Å². The lowest BCUT2D eigenvalue weighted by atomic mass is 10.2. The molecule has 0 saturated heterocycles. The second-order valence-corrected chi connectivity index (χ2v) is 5.65. The monoisotopic (exact) mass is 326 g/mol. The number of nitriles is 1. The molecule has 1 N–H and O–H groups in total. The van der Waals surface area contributed by atoms with E-state index in [0.717, 1.165) is 11.3 Å². The Morgan fingerprint density at radius 1 is 1.17 bits per heavy atom. The van der Waals surface area contributed by atoms with Gasteiger partial charge in [0.1, 0.15) is 24.2 Å². The zero-order valence-electron chi connectivity index (χ0n) is 14.0. The Morgan fingerprint density at radius 2 is 1.92 bits per heavy atom. The average Bonchev–Trinajstić information content (AvgIpc) is 2.60. The minimum absolute atomic E-state index is 0.203. The van der Waals surface area contributed by atoms with Crippen LogP contribution in [0, 0.1) is 11.3 Å². The van der Waals surface area contributed by atoms with E-state index in [4.69, 9.17) is 14.7 Å². The van der Waals surface area contributed by atoms with Crippen molar-refractivity contribution in [1.82, 2.24) is 4.90 Å². The fraction of sp³-hybridized carbons (Fsp3) is 0.316. The van der Waals surface area contributed by atoms with Crippen LogP contribution in [0.15, 0.2) is 48.5 Å². The summed E-state index contributed by atoms with van der Waals surface area (Å²) in [5.41, 5.74) is 1.71. The first-order valence-electron chi connectivity index (χ1n) is 7.73. The molecule has 1 atom stereocenters. The first-order chi connectivity index (χ1) is 11.6. The van der Waals surface area contributed by atoms with Crippen LogP contribution in [0.25, 0.3) is 0 Å². The predicted octanol–water partition coefficient (Wildman–Crippen LogP) is 2.44. The Morgan fingerprint density at radius 3 is 2.58 bits per heavy atom. The molecule has 0 aliphatic heterocycles. The van der Waals surface area contributed by atoms with Crippen LogP contribution in [0.3, 0.4) is 0 Å². The SMILES string of the molecule is COc1cccc(CN(C)CC(O)COc2ccc(C#N)cc2)c1. The average molecular weight is 326 g/mol. The van der Waals surface area contributed by atoms with Crippen molar-refractivity contribution in [1.29, 1.82) is 5.26 Å². The summed E-state index contributed by atoms with van der Waals surface area (Å²) in [5.74, 6) is 1.47. The second-order valence-electron chi connectivity index (χ2n) is 5.65. The van der Waals surface area contributed by atoms with Crippen molar-refractivity contribution < 1.29 is 14.6 Å². The van der Waals surface area contributed by atoms with Crippen LogP contribution >= 0.6 is 0 Å². The molecule has 1 unspecified atom stereocenters. The molecule has 0 amide bonds. The zero-order chi connectivity index (χ0) is 17.4. The number of methoxy groups -OCH3 is 1. The van der Waals surface area contributed by atoms with E-state index in [9.17, 15) is 5.11 Å². The third kappa shape index (κ3) is 5.58. The Hall–Kier alpha value is -2.55. The Kier molecular flexibility index (Phi) is 6.62. The summed E-state index contributed by atoms with van der Waals surface area (Å²) < 4.78 is 10.8. The van der Waals surface area contributed by atoms with Gasteiger partial charge >= 0.3 is 0 Å². The maximum Gasteiger partial charge on any atom is 0.119 e. The van der Waals surface area contributed by atoms with E-state index in [-0.39, 0.29) is 6.61 Å². The third-order valence-corrected chi connectivity index (χ3v) is 3.53. The number of hydrogen-bond acceptors (Lipinski definition) is 5. The highest BCUT2D eigenvalue weighted by atomic mass is 16.5. The van der Waals surface area contributed by atoms with Crippen molar-refractivity contribution >= 4 is 0 Å². The first kappa shape index (κ1) is 17.8. The van der Waals surface area contributed by atoms with E-state index in [2.05, 4.69) is 6.07 Å². The van der Waals surface area contributed by atoms with E-state index < -0.39 is 6.10 Å². The number of ether oxygens (including phenoxy) is 2. The number of likely N-dealkylation sites (N-methyl/N-ethyl adjacent to an activating group) is 1. The summed E-state index contributed by atoms with van der Waals surface area (Å²) in [6, 6.07) is 16.8. The van der Waals surface area contributed by atoms with Crippen molar-refractivity contribution in [2.24, 2.45) is 0 Å². The van der Waals surface area contributed by atoms with Gasteiger partial charge in [0.2, 0.25) is 0 Å². The zero-order valence-corrected chi connectivity index (χ0v) is 14.0. The standard InChI is InChI=1S/C19H22N2O3/c1-21(12-16-4-3-5-19(10-16)23-2)13-17(22)14-24-18-8-6-15(11-20)7-9-18/h3-10,17,22H,12-14H2,1-2H3. The first-order valence-corrected chi connectivity index (χ1v) is 7.73. The summed E-state index contributed by atoms with van der Waals surface area (Å²) >= 11 is 0. The van der Waals surface area contributed by atoms with Crippen LogP contribution in [0.2, 0.25) is 0 Å². The molecule has 0 aliphatic rings. The number of nitrogens with zero attached hydrogens (tertiary/aromatic N) is 2. The number of hydrogen-bond donors (Lipinski definition) is 1. The van der Waals surface area contributed by atoms with Crippen molar-refractivity contribution in [3.8, 4) is 17.6 Å². The van der Waals surface area contributed by atoms with Crippen LogP contribution in [-0.4, -0.2) is 43.4 Å². The maximum atomic E-state index is 10.1. The molecule has 2 aromatic rings. The molecule has 0 bridgehead atoms. The van der Waals surface area contributed by atoms with Crippen LogP contribution in [0.4, 0.5) is 0 Å². The highest BCUT2D eigenvalue weighted by Gasteiger charge is 2.10. The number of aliphatic hydroxyl groups is 1. The molecule has 24 heavy (non-hydrogen) atoms. The maximum absolute atomic E-state index is 10.1. The number of aliphatic hydroxyl groups excluding tert-OH is 1. The van der Waals surface area contributed by atoms with Gasteiger partial charge < -0.3 is 14.6 Å². The molecular formula is C19H22N2O3. The molecule has 0 fully saturated rings. The lowest BCUT2D eigenvalue weighted by Gasteiger charge is -2.21. The highest BCUT2D eigenvalue weighted by molar-refractivity contribution is 5.34. The van der Waals surface area contributed by atoms with Gasteiger partial charge in [-0.2, -0.15) is 5.26 Å². The summed E-state index contributed by atoms with van der Waals surface area (Å²) in [7, 11) is 3.59. The van der Waals surface area contributed by atoms with Gasteiger partial charge in [-0.25, -0.2) is 0 Å². The minimum atomic E-state index is -0.601. The van der Waals surface area contributed by atoms with Gasteiger partial charge in [0.15, 0.2) is 0 Å². The van der Waals surface area contributed by atoms with Crippen molar-refractivity contribution in [3.05, 3.63) is 59.7 Å². The molecule has 126 valence electrons. The van der Waals surface area contributed by atoms with Gasteiger partial charge in [0.05, 0.1) is 18.7 Å². The van der Waals surface area contributed by atoms with E-state index in [1.54, 1.807) is 31.4 Å². The van der Waals surface area contributed by atoms with Gasteiger partial charge in [-0.3, -0.25) is 4.90 Å². The molecule has 0 saturated carbocycles. The van der Waals surface area contributed by atoms with Crippen molar-refractivity contribution in [3.63, 3.8) is 0 Å². The summed E-state index contributed by atoms with van der Waals surface area (Å²) in [6.07, 6.45) is -0.601. The molecule has 0 heterocycles. The molecule has 0 aliphatic carbocycles. The molecule has 2 rings (SSSR count). The lowest BCUT2D eigenvalue weighted by Crippen LogP contribution is -2.32. The van der Waals surface area contributed by atoms with Gasteiger partial charge in [0, 0.05) is 13.1 Å². The van der Waals surface area contributed by atoms with E-state index in [0.29, 0.717) is 24.4 Å². The van der Waals surface area contributed by atoms with Crippen molar-refractivity contribution in [2.45, 2.75) is 12.6 Å². The lowest BCUT2D eigenvalue weighted by molar-refractivity contribution is 0.0744. The number of rotatable bonds is 8. The fourth-order valence-electron chi connectivity index (χ4n) is 2.38. The van der Waals surface area contributed by atoms with E-state index in [1.165, 1.54) is 0 Å². The van der Waals surface area contributed by atoms with E-state index >= 15 is 0 Å². The van der Waals surface area contributed by atoms with Gasteiger partial charge in [-0.05, 0) is 49.0 Å². The second kappa shape index (κ2) is 8.92. The Balaban J connectivity index is 1.78. The normalized spacial score (nSPS) is 11.8. The molecule has 5 heteroatoms. The van der Waals surface area contributed by atoms with Gasteiger partial charge in [-0.1, -0.05) is 12.1 Å². The largest absolute Gasteiger partial charge is 0.497 e. The summed E-state index contributed by atoms with van der Waals surface area (Å²) in [5, 5.41) is 18.9. The fourth-order valence-corrected chi connectivity index (χ4v) is 2.38. The highest BCUT2D eigenvalue weighted by Crippen LogP contribution is 2.14. The van der Waals surface area contributed by atoms with Crippen LogP contribution in [-0.2, 0) is 6.54 Å². The smallest absolute Gasteiger partial charge is 0.119 e. The molecule has 0 spiro atoms. The molecule has 2 aromatic carbocycles. The molecule has 0 aromatic heterocycles. The van der Waals surface area contributed by atoms with Crippen molar-refractivity contribution in [2.75, 3.05) is 27.3 Å². The summed E-state index contributed by atoms with van der Waals surface area (Å²) in [4.78, 5) is 2.03. The minimum Gasteiger partial charge on any atom is -0.497 e. The molecule has 5 nitrogen and oxygen atoms in total. The van der Waals surface area contributed by atoms with Crippen LogP contribution in [0.5, 0.6) is 11.5 Å².